The SMILES string of the molecule is [C-]#[N+]c1cccc(-n2nc(C)cc2C(=O)Cc2cccc(C(NCC3CC3)c3ccccc3S(C)(=O)=O)c2)c1. The topological polar surface area (TPSA) is 85.4 Å². The smallest absolute Gasteiger partial charge is 0.189 e. The van der Waals surface area contributed by atoms with Crippen LogP contribution in [0.5, 0.6) is 0 Å². The maximum atomic E-state index is 13.5. The van der Waals surface area contributed by atoms with E-state index in [0.29, 0.717) is 39.1 Å². The number of nitrogens with one attached hydrogen (secondary N) is 1. The third kappa shape index (κ3) is 6.17. The lowest BCUT2D eigenvalue weighted by atomic mass is 9.95. The van der Waals surface area contributed by atoms with Crippen LogP contribution >= 0.6 is 0 Å². The van der Waals surface area contributed by atoms with Crippen LogP contribution < -0.4 is 5.32 Å². The van der Waals surface area contributed by atoms with Gasteiger partial charge in [-0.05, 0) is 73.2 Å². The van der Waals surface area contributed by atoms with Gasteiger partial charge in [0.1, 0.15) is 5.69 Å². The van der Waals surface area contributed by atoms with Gasteiger partial charge in [-0.2, -0.15) is 5.10 Å². The highest BCUT2D eigenvalue weighted by Crippen LogP contribution is 2.32. The average Bonchev–Trinajstić information content (AvgIpc) is 3.67. The summed E-state index contributed by atoms with van der Waals surface area (Å²) in [5.41, 5.74) is 4.74. The molecule has 5 rings (SSSR count). The van der Waals surface area contributed by atoms with Gasteiger partial charge < -0.3 is 5.32 Å². The van der Waals surface area contributed by atoms with Crippen molar-refractivity contribution < 1.29 is 13.2 Å². The highest BCUT2D eigenvalue weighted by Gasteiger charge is 2.26. The van der Waals surface area contributed by atoms with Gasteiger partial charge in [0, 0.05) is 12.7 Å². The summed E-state index contributed by atoms with van der Waals surface area (Å²) in [5.74, 6) is 0.507. The minimum Gasteiger partial charge on any atom is -0.306 e. The van der Waals surface area contributed by atoms with Crippen LogP contribution in [0.2, 0.25) is 0 Å². The van der Waals surface area contributed by atoms with Crippen LogP contribution in [0.3, 0.4) is 0 Å². The molecule has 1 saturated carbocycles. The van der Waals surface area contributed by atoms with Crippen LogP contribution in [-0.2, 0) is 16.3 Å². The molecule has 1 unspecified atom stereocenters. The average molecular weight is 539 g/mol. The van der Waals surface area contributed by atoms with Crippen LogP contribution in [-0.4, -0.2) is 36.8 Å². The van der Waals surface area contributed by atoms with E-state index >= 15 is 0 Å². The molecule has 1 heterocycles. The Labute approximate surface area is 229 Å². The van der Waals surface area contributed by atoms with Crippen LogP contribution in [0.25, 0.3) is 10.5 Å². The van der Waals surface area contributed by atoms with Gasteiger partial charge in [0.15, 0.2) is 21.3 Å². The number of aromatic nitrogens is 2. The van der Waals surface area contributed by atoms with Crippen molar-refractivity contribution in [2.24, 2.45) is 5.92 Å². The molecule has 0 amide bonds. The molecule has 1 N–H and O–H groups in total. The highest BCUT2D eigenvalue weighted by atomic mass is 32.2. The molecule has 7 nitrogen and oxygen atoms in total. The number of ketones is 1. The van der Waals surface area contributed by atoms with E-state index in [1.165, 1.54) is 19.1 Å². The lowest BCUT2D eigenvalue weighted by molar-refractivity contribution is 0.0985. The van der Waals surface area contributed by atoms with Crippen LogP contribution in [0.1, 0.15) is 51.8 Å². The van der Waals surface area contributed by atoms with Crippen LogP contribution in [0.15, 0.2) is 83.8 Å². The van der Waals surface area contributed by atoms with E-state index in [2.05, 4.69) is 15.3 Å². The maximum absolute atomic E-state index is 13.5. The summed E-state index contributed by atoms with van der Waals surface area (Å²) in [4.78, 5) is 17.3. The van der Waals surface area contributed by atoms with Gasteiger partial charge in [-0.15, -0.1) is 0 Å². The Bertz CT molecular complexity index is 1680. The molecular weight excluding hydrogens is 508 g/mol. The molecule has 0 radical (unpaired) electrons. The van der Waals surface area contributed by atoms with E-state index in [0.717, 1.165) is 17.7 Å². The molecule has 4 aromatic rings. The Morgan fingerprint density at radius 3 is 2.59 bits per heavy atom. The van der Waals surface area contributed by atoms with Crippen molar-refractivity contribution in [3.05, 3.63) is 118 Å². The molecule has 0 spiro atoms. The Balaban J connectivity index is 1.46. The molecule has 1 aromatic heterocycles. The molecule has 0 aliphatic heterocycles. The fourth-order valence-electron chi connectivity index (χ4n) is 4.82. The summed E-state index contributed by atoms with van der Waals surface area (Å²) in [6.07, 6.45) is 3.74. The number of nitrogens with zero attached hydrogens (tertiary/aromatic N) is 3. The number of benzene rings is 3. The third-order valence-corrected chi connectivity index (χ3v) is 8.08. The van der Waals surface area contributed by atoms with Crippen molar-refractivity contribution in [1.82, 2.24) is 15.1 Å². The molecule has 0 bridgehead atoms. The zero-order chi connectivity index (χ0) is 27.6. The number of aryl methyl sites for hydroxylation is 1. The summed E-state index contributed by atoms with van der Waals surface area (Å²) >= 11 is 0. The Morgan fingerprint density at radius 2 is 1.85 bits per heavy atom. The quantitative estimate of drug-likeness (QED) is 0.208. The second kappa shape index (κ2) is 11.0. The second-order valence-corrected chi connectivity index (χ2v) is 12.1. The first kappa shape index (κ1) is 26.5. The molecule has 0 saturated heterocycles. The number of hydrogen-bond donors (Lipinski definition) is 1. The van der Waals surface area contributed by atoms with E-state index in [1.807, 2.05) is 49.4 Å². The number of carbonyl (C=O) groups excluding carboxylic acids is 1. The molecule has 39 heavy (non-hydrogen) atoms. The first-order valence-electron chi connectivity index (χ1n) is 12.9. The largest absolute Gasteiger partial charge is 0.306 e. The summed E-state index contributed by atoms with van der Waals surface area (Å²) < 4.78 is 26.8. The standard InChI is InChI=1S/C31H30N4O3S/c1-21-16-28(35(34-21)26-11-7-10-25(19-26)32-2)29(36)18-23-8-6-9-24(17-23)31(33-20-22-14-15-22)27-12-4-5-13-30(27)39(3,37)38/h4-13,16-17,19,22,31,33H,14-15,18,20H2,1,3H3. The van der Waals surface area contributed by atoms with E-state index < -0.39 is 9.84 Å². The Morgan fingerprint density at radius 1 is 1.08 bits per heavy atom. The predicted molar refractivity (Wildman–Crippen MR) is 151 cm³/mol. The van der Waals surface area contributed by atoms with Crippen molar-refractivity contribution in [3.8, 4) is 5.69 Å². The monoisotopic (exact) mass is 538 g/mol. The van der Waals surface area contributed by atoms with Crippen molar-refractivity contribution in [2.75, 3.05) is 12.8 Å². The third-order valence-electron chi connectivity index (χ3n) is 6.91. The lowest BCUT2D eigenvalue weighted by Gasteiger charge is -2.23. The highest BCUT2D eigenvalue weighted by molar-refractivity contribution is 7.90. The summed E-state index contributed by atoms with van der Waals surface area (Å²) in [5, 5.41) is 8.11. The van der Waals surface area contributed by atoms with Crippen LogP contribution in [0, 0.1) is 19.4 Å². The molecule has 198 valence electrons. The van der Waals surface area contributed by atoms with E-state index in [9.17, 15) is 13.2 Å². The lowest BCUT2D eigenvalue weighted by Crippen LogP contribution is -2.26. The van der Waals surface area contributed by atoms with Gasteiger partial charge in [0.25, 0.3) is 0 Å². The Kier molecular flexibility index (Phi) is 7.47. The number of rotatable bonds is 10. The van der Waals surface area contributed by atoms with Crippen molar-refractivity contribution in [2.45, 2.75) is 37.1 Å². The van der Waals surface area contributed by atoms with E-state index in [-0.39, 0.29) is 18.2 Å². The number of Topliss-reactive ketones (excluding diaryl/α,β-unsaturated/α-hetero) is 1. The second-order valence-electron chi connectivity index (χ2n) is 10.2. The maximum Gasteiger partial charge on any atom is 0.189 e. The summed E-state index contributed by atoms with van der Waals surface area (Å²) in [6.45, 7) is 9.94. The minimum atomic E-state index is -3.43. The van der Waals surface area contributed by atoms with Gasteiger partial charge in [0.05, 0.1) is 28.9 Å². The van der Waals surface area contributed by atoms with Crippen molar-refractivity contribution >= 4 is 21.3 Å². The first-order chi connectivity index (χ1) is 18.7. The fraction of sp³-hybridized carbons (Fsp3) is 0.258. The van der Waals surface area contributed by atoms with Crippen LogP contribution in [0.4, 0.5) is 5.69 Å². The number of hydrogen-bond acceptors (Lipinski definition) is 5. The molecule has 1 atom stereocenters. The van der Waals surface area contributed by atoms with Gasteiger partial charge >= 0.3 is 0 Å². The molecular formula is C31H30N4O3S. The van der Waals surface area contributed by atoms with Gasteiger partial charge in [-0.1, -0.05) is 54.6 Å². The van der Waals surface area contributed by atoms with Crippen molar-refractivity contribution in [1.29, 1.82) is 0 Å². The molecule has 3 aromatic carbocycles. The summed E-state index contributed by atoms with van der Waals surface area (Å²) in [6, 6.07) is 23.4. The Hall–Kier alpha value is -4.06. The predicted octanol–water partition coefficient (Wildman–Crippen LogP) is 5.65. The molecule has 1 aliphatic carbocycles. The first-order valence-corrected chi connectivity index (χ1v) is 14.8. The summed E-state index contributed by atoms with van der Waals surface area (Å²) in [7, 11) is -3.43. The zero-order valence-electron chi connectivity index (χ0n) is 22.0. The number of sulfone groups is 1. The van der Waals surface area contributed by atoms with E-state index in [1.54, 1.807) is 41.1 Å². The van der Waals surface area contributed by atoms with Gasteiger partial charge in [0.2, 0.25) is 0 Å². The molecule has 8 heteroatoms. The minimum absolute atomic E-state index is 0.0972. The van der Waals surface area contributed by atoms with Gasteiger partial charge in [-0.3, -0.25) is 4.79 Å². The normalized spacial score (nSPS) is 14.1. The fourth-order valence-corrected chi connectivity index (χ4v) is 5.76. The van der Waals surface area contributed by atoms with E-state index in [4.69, 9.17) is 6.57 Å². The molecule has 1 fully saturated rings. The van der Waals surface area contributed by atoms with Crippen molar-refractivity contribution in [3.63, 3.8) is 0 Å². The zero-order valence-corrected chi connectivity index (χ0v) is 22.8. The number of carbonyl (C=O) groups is 1. The molecule has 1 aliphatic rings. The van der Waals surface area contributed by atoms with Gasteiger partial charge in [-0.25, -0.2) is 17.9 Å².